The minimum absolute atomic E-state index is 0.172. The zero-order valence-corrected chi connectivity index (χ0v) is 25.4. The molecule has 0 bridgehead atoms. The van der Waals surface area contributed by atoms with Gasteiger partial charge in [-0.25, -0.2) is 18.4 Å². The number of hydrogen-bond donors (Lipinski definition) is 2. The van der Waals surface area contributed by atoms with E-state index in [0.29, 0.717) is 67.3 Å². The number of rotatable bonds is 10. The average Bonchev–Trinajstić information content (AvgIpc) is 3.47. The van der Waals surface area contributed by atoms with E-state index >= 15 is 0 Å². The molecule has 3 heterocycles. The third-order valence-corrected chi connectivity index (χ3v) is 8.36. The molecule has 2 aromatic carbocycles. The van der Waals surface area contributed by atoms with Crippen molar-refractivity contribution in [2.45, 2.75) is 32.9 Å². The van der Waals surface area contributed by atoms with E-state index < -0.39 is 9.84 Å². The predicted octanol–water partition coefficient (Wildman–Crippen LogP) is 4.21. The van der Waals surface area contributed by atoms with E-state index in [2.05, 4.69) is 30.4 Å². The van der Waals surface area contributed by atoms with E-state index in [4.69, 9.17) is 9.47 Å². The number of carbonyl (C=O) groups excluding carboxylic acids is 1. The van der Waals surface area contributed by atoms with Crippen molar-refractivity contribution in [2.24, 2.45) is 0 Å². The van der Waals surface area contributed by atoms with Crippen molar-refractivity contribution in [1.82, 2.24) is 25.1 Å². The number of hydrogen-bond acceptors (Lipinski definition) is 9. The molecule has 12 heteroatoms. The van der Waals surface area contributed by atoms with Crippen LogP contribution >= 0.6 is 0 Å². The summed E-state index contributed by atoms with van der Waals surface area (Å²) in [7, 11) is -2.93. The Morgan fingerprint density at radius 2 is 1.72 bits per heavy atom. The number of aromatic amines is 1. The lowest BCUT2D eigenvalue weighted by atomic mass is 10.1. The minimum Gasteiger partial charge on any atom is -0.475 e. The lowest BCUT2D eigenvalue weighted by Crippen LogP contribution is -2.39. The van der Waals surface area contributed by atoms with Gasteiger partial charge in [0.15, 0.2) is 21.5 Å². The number of amides is 1. The molecule has 0 radical (unpaired) electrons. The lowest BCUT2D eigenvalue weighted by molar-refractivity contribution is -0.0168. The molecule has 1 aliphatic rings. The van der Waals surface area contributed by atoms with Gasteiger partial charge in [0.05, 0.1) is 23.7 Å². The van der Waals surface area contributed by atoms with Crippen LogP contribution in [0, 0.1) is 0 Å². The summed E-state index contributed by atoms with van der Waals surface area (Å²) in [5.74, 6) is 1.60. The smallest absolute Gasteiger partial charge is 0.255 e. The van der Waals surface area contributed by atoms with Crippen molar-refractivity contribution in [3.05, 3.63) is 77.9 Å². The topological polar surface area (TPSA) is 139 Å². The van der Waals surface area contributed by atoms with Gasteiger partial charge in [0.1, 0.15) is 12.3 Å². The molecule has 11 nitrogen and oxygen atoms in total. The predicted molar refractivity (Wildman–Crippen MR) is 165 cm³/mol. The largest absolute Gasteiger partial charge is 0.475 e. The molecule has 2 aromatic heterocycles. The van der Waals surface area contributed by atoms with Gasteiger partial charge in [0, 0.05) is 42.5 Å². The van der Waals surface area contributed by atoms with Crippen LogP contribution in [0.25, 0.3) is 22.9 Å². The van der Waals surface area contributed by atoms with Crippen LogP contribution in [0.2, 0.25) is 0 Å². The van der Waals surface area contributed by atoms with Crippen molar-refractivity contribution < 1.29 is 22.7 Å². The molecule has 0 atom stereocenters. The molecule has 1 fully saturated rings. The number of carbonyl (C=O) groups is 1. The maximum atomic E-state index is 13.0. The summed E-state index contributed by atoms with van der Waals surface area (Å²) in [6, 6.07) is 20.1. The molecule has 1 aliphatic heterocycles. The molecular weight excluding hydrogens is 568 g/mol. The van der Waals surface area contributed by atoms with Crippen LogP contribution in [0.1, 0.15) is 36.7 Å². The number of anilines is 1. The van der Waals surface area contributed by atoms with Crippen LogP contribution in [0.5, 0.6) is 5.88 Å². The van der Waals surface area contributed by atoms with Gasteiger partial charge >= 0.3 is 0 Å². The average molecular weight is 605 g/mol. The Morgan fingerprint density at radius 3 is 2.47 bits per heavy atom. The van der Waals surface area contributed by atoms with Gasteiger partial charge < -0.3 is 14.8 Å². The molecule has 4 aromatic rings. The highest BCUT2D eigenvalue weighted by Crippen LogP contribution is 2.23. The lowest BCUT2D eigenvalue weighted by Gasteiger charge is -2.26. The van der Waals surface area contributed by atoms with E-state index in [1.54, 1.807) is 24.3 Å². The van der Waals surface area contributed by atoms with E-state index in [-0.39, 0.29) is 23.0 Å². The highest BCUT2D eigenvalue weighted by atomic mass is 32.2. The number of ether oxygens (including phenoxy) is 2. The molecule has 1 amide bonds. The standard InChI is InChI=1S/C31H36N6O5S/c1-31(2,3)42-17-16-41-27-9-5-8-26(33-27)29-34-28(35-36-29)23-10-12-25(13-11-23)32-30(38)24-7-4-6-22(20-24)21-37-14-18-43(39,40)19-15-37/h4-13,20H,14-19,21H2,1-3H3,(H,32,38)(H,34,35,36). The highest BCUT2D eigenvalue weighted by Gasteiger charge is 2.21. The second kappa shape index (κ2) is 13.0. The molecule has 1 saturated heterocycles. The first kappa shape index (κ1) is 30.3. The fourth-order valence-electron chi connectivity index (χ4n) is 4.51. The van der Waals surface area contributed by atoms with Crippen LogP contribution in [0.15, 0.2) is 66.7 Å². The third-order valence-electron chi connectivity index (χ3n) is 6.75. The molecule has 5 rings (SSSR count). The van der Waals surface area contributed by atoms with Gasteiger partial charge in [-0.3, -0.25) is 14.8 Å². The molecule has 0 saturated carbocycles. The van der Waals surface area contributed by atoms with E-state index in [9.17, 15) is 13.2 Å². The normalized spacial score (nSPS) is 15.2. The first-order valence-electron chi connectivity index (χ1n) is 14.1. The van der Waals surface area contributed by atoms with Crippen LogP contribution in [-0.4, -0.2) is 82.8 Å². The summed E-state index contributed by atoms with van der Waals surface area (Å²) in [5.41, 5.74) is 3.28. The van der Waals surface area contributed by atoms with Crippen LogP contribution < -0.4 is 10.1 Å². The van der Waals surface area contributed by atoms with E-state index in [1.807, 2.05) is 63.2 Å². The van der Waals surface area contributed by atoms with Gasteiger partial charge in [-0.15, -0.1) is 0 Å². The van der Waals surface area contributed by atoms with Crippen molar-refractivity contribution in [3.8, 4) is 28.8 Å². The zero-order chi connectivity index (χ0) is 30.5. The van der Waals surface area contributed by atoms with E-state index in [1.165, 1.54) is 0 Å². The number of H-pyrrole nitrogens is 1. The number of nitrogens with one attached hydrogen (secondary N) is 2. The summed E-state index contributed by atoms with van der Waals surface area (Å²) >= 11 is 0. The second-order valence-corrected chi connectivity index (χ2v) is 13.6. The number of aromatic nitrogens is 4. The van der Waals surface area contributed by atoms with Crippen molar-refractivity contribution in [2.75, 3.05) is 43.1 Å². The fraction of sp³-hybridized carbons (Fsp3) is 0.355. The first-order valence-corrected chi connectivity index (χ1v) is 16.0. The zero-order valence-electron chi connectivity index (χ0n) is 24.5. The Balaban J connectivity index is 1.17. The van der Waals surface area contributed by atoms with E-state index in [0.717, 1.165) is 11.1 Å². The van der Waals surface area contributed by atoms with Gasteiger partial charge in [-0.05, 0) is 68.8 Å². The molecule has 0 unspecified atom stereocenters. The fourth-order valence-corrected chi connectivity index (χ4v) is 5.79. The second-order valence-electron chi connectivity index (χ2n) is 11.3. The maximum Gasteiger partial charge on any atom is 0.255 e. The highest BCUT2D eigenvalue weighted by molar-refractivity contribution is 7.91. The Bertz CT molecular complexity index is 1650. The molecular formula is C31H36N6O5S. The Labute approximate surface area is 251 Å². The van der Waals surface area contributed by atoms with Gasteiger partial charge in [0.25, 0.3) is 5.91 Å². The summed E-state index contributed by atoms with van der Waals surface area (Å²) in [4.78, 5) is 24.2. The SMILES string of the molecule is CC(C)(C)OCCOc1cccc(-c2nc(-c3ccc(NC(=O)c4cccc(CN5CCS(=O)(=O)CC5)c4)cc3)n[nH]2)n1. The Hall–Kier alpha value is -4.13. The number of nitrogens with zero attached hydrogens (tertiary/aromatic N) is 4. The quantitative estimate of drug-likeness (QED) is 0.255. The molecule has 0 spiro atoms. The summed E-state index contributed by atoms with van der Waals surface area (Å²) in [6.45, 7) is 8.43. The Morgan fingerprint density at radius 1 is 0.977 bits per heavy atom. The monoisotopic (exact) mass is 604 g/mol. The van der Waals surface area contributed by atoms with Crippen LogP contribution in [0.3, 0.4) is 0 Å². The number of benzene rings is 2. The van der Waals surface area contributed by atoms with Gasteiger partial charge in [-0.2, -0.15) is 5.10 Å². The molecule has 2 N–H and O–H groups in total. The molecule has 0 aliphatic carbocycles. The molecule has 43 heavy (non-hydrogen) atoms. The number of pyridine rings is 1. The Kier molecular flexibility index (Phi) is 9.19. The third kappa shape index (κ3) is 8.69. The van der Waals surface area contributed by atoms with Crippen molar-refractivity contribution in [3.63, 3.8) is 0 Å². The number of sulfone groups is 1. The van der Waals surface area contributed by atoms with Gasteiger partial charge in [0.2, 0.25) is 5.88 Å². The maximum absolute atomic E-state index is 13.0. The summed E-state index contributed by atoms with van der Waals surface area (Å²) < 4.78 is 34.8. The van der Waals surface area contributed by atoms with Gasteiger partial charge in [-0.1, -0.05) is 18.2 Å². The van der Waals surface area contributed by atoms with Crippen LogP contribution in [0.4, 0.5) is 5.69 Å². The summed E-state index contributed by atoms with van der Waals surface area (Å²) in [5, 5.41) is 10.2. The van der Waals surface area contributed by atoms with Crippen LogP contribution in [-0.2, 0) is 21.1 Å². The molecule has 226 valence electrons. The summed E-state index contributed by atoms with van der Waals surface area (Å²) in [6.07, 6.45) is 0. The van der Waals surface area contributed by atoms with Crippen molar-refractivity contribution >= 4 is 21.4 Å². The van der Waals surface area contributed by atoms with Crippen molar-refractivity contribution in [1.29, 1.82) is 0 Å². The minimum atomic E-state index is -2.93. The first-order chi connectivity index (χ1) is 20.5.